The quantitative estimate of drug-likeness (QED) is 0.519. The van der Waals surface area contributed by atoms with Crippen molar-refractivity contribution >= 4 is 17.3 Å². The molecule has 1 amide bonds. The second kappa shape index (κ2) is 5.77. The van der Waals surface area contributed by atoms with Crippen LogP contribution in [0.5, 0.6) is 11.5 Å². The first-order valence-corrected chi connectivity index (χ1v) is 6.67. The summed E-state index contributed by atoms with van der Waals surface area (Å²) in [4.78, 5) is 12.2. The van der Waals surface area contributed by atoms with Crippen molar-refractivity contribution in [3.63, 3.8) is 0 Å². The molecule has 3 rings (SSSR count). The fourth-order valence-electron chi connectivity index (χ4n) is 2.09. The second-order valence-electron chi connectivity index (χ2n) is 4.78. The molecule has 0 saturated heterocycles. The fourth-order valence-corrected chi connectivity index (χ4v) is 2.09. The van der Waals surface area contributed by atoms with Crippen LogP contribution >= 0.6 is 0 Å². The number of hydrogen-bond donors (Lipinski definition) is 2. The minimum atomic E-state index is -0.237. The molecule has 0 atom stereocenters. The SMILES string of the molecule is C/C(=N\O)c1ccc(NC(=O)c2ccc3c(c2)OCO3)cc1. The third-order valence-electron chi connectivity index (χ3n) is 3.35. The zero-order valence-electron chi connectivity index (χ0n) is 11.9. The number of oxime groups is 1. The predicted octanol–water partition coefficient (Wildman–Crippen LogP) is 2.87. The summed E-state index contributed by atoms with van der Waals surface area (Å²) in [6, 6.07) is 12.1. The van der Waals surface area contributed by atoms with E-state index in [4.69, 9.17) is 14.7 Å². The van der Waals surface area contributed by atoms with Gasteiger partial charge in [-0.25, -0.2) is 0 Å². The molecule has 2 aromatic rings. The molecule has 1 aliphatic rings. The van der Waals surface area contributed by atoms with Crippen LogP contribution in [0.1, 0.15) is 22.8 Å². The number of hydrogen-bond acceptors (Lipinski definition) is 5. The molecule has 0 aliphatic carbocycles. The number of nitrogens with one attached hydrogen (secondary N) is 1. The van der Waals surface area contributed by atoms with E-state index in [2.05, 4.69) is 10.5 Å². The maximum Gasteiger partial charge on any atom is 0.255 e. The van der Waals surface area contributed by atoms with Gasteiger partial charge in [0.05, 0.1) is 5.71 Å². The van der Waals surface area contributed by atoms with Crippen LogP contribution in [0.4, 0.5) is 5.69 Å². The van der Waals surface area contributed by atoms with Crippen molar-refractivity contribution in [3.05, 3.63) is 53.6 Å². The monoisotopic (exact) mass is 298 g/mol. The van der Waals surface area contributed by atoms with Gasteiger partial charge in [0, 0.05) is 11.3 Å². The molecule has 22 heavy (non-hydrogen) atoms. The number of anilines is 1. The number of nitrogens with zero attached hydrogens (tertiary/aromatic N) is 1. The first-order valence-electron chi connectivity index (χ1n) is 6.67. The van der Waals surface area contributed by atoms with Gasteiger partial charge in [0.1, 0.15) is 0 Å². The summed E-state index contributed by atoms with van der Waals surface area (Å²) < 4.78 is 10.5. The largest absolute Gasteiger partial charge is 0.454 e. The minimum absolute atomic E-state index is 0.174. The van der Waals surface area contributed by atoms with Gasteiger partial charge in [-0.1, -0.05) is 17.3 Å². The Morgan fingerprint density at radius 3 is 2.50 bits per heavy atom. The molecule has 6 nitrogen and oxygen atoms in total. The van der Waals surface area contributed by atoms with Gasteiger partial charge < -0.3 is 20.0 Å². The van der Waals surface area contributed by atoms with E-state index < -0.39 is 0 Å². The number of carbonyl (C=O) groups is 1. The summed E-state index contributed by atoms with van der Waals surface area (Å²) in [7, 11) is 0. The Bertz CT molecular complexity index is 738. The zero-order valence-corrected chi connectivity index (χ0v) is 11.9. The van der Waals surface area contributed by atoms with E-state index in [-0.39, 0.29) is 12.7 Å². The first-order chi connectivity index (χ1) is 10.7. The van der Waals surface area contributed by atoms with Crippen molar-refractivity contribution in [1.82, 2.24) is 0 Å². The van der Waals surface area contributed by atoms with Crippen LogP contribution in [0.25, 0.3) is 0 Å². The van der Waals surface area contributed by atoms with Crippen LogP contribution in [-0.2, 0) is 0 Å². The van der Waals surface area contributed by atoms with Gasteiger partial charge in [-0.05, 0) is 42.8 Å². The number of carbonyl (C=O) groups excluding carboxylic acids is 1. The van der Waals surface area contributed by atoms with E-state index in [0.29, 0.717) is 28.5 Å². The molecular formula is C16H14N2O4. The van der Waals surface area contributed by atoms with Crippen LogP contribution in [-0.4, -0.2) is 23.6 Å². The summed E-state index contributed by atoms with van der Waals surface area (Å²) in [5, 5.41) is 14.7. The Balaban J connectivity index is 1.74. The molecule has 0 unspecified atom stereocenters. The van der Waals surface area contributed by atoms with Crippen LogP contribution in [0, 0.1) is 0 Å². The molecule has 2 aromatic carbocycles. The summed E-state index contributed by atoms with van der Waals surface area (Å²) in [5.74, 6) is 0.969. The highest BCUT2D eigenvalue weighted by Crippen LogP contribution is 2.32. The Hall–Kier alpha value is -3.02. The van der Waals surface area contributed by atoms with Crippen molar-refractivity contribution in [2.24, 2.45) is 5.16 Å². The maximum absolute atomic E-state index is 12.2. The van der Waals surface area contributed by atoms with Crippen molar-refractivity contribution in [2.45, 2.75) is 6.92 Å². The summed E-state index contributed by atoms with van der Waals surface area (Å²) >= 11 is 0. The van der Waals surface area contributed by atoms with Crippen LogP contribution in [0.3, 0.4) is 0 Å². The lowest BCUT2D eigenvalue weighted by molar-refractivity contribution is 0.102. The fraction of sp³-hybridized carbons (Fsp3) is 0.125. The average Bonchev–Trinajstić information content (AvgIpc) is 3.02. The Kier molecular flexibility index (Phi) is 3.65. The molecule has 0 radical (unpaired) electrons. The molecule has 6 heteroatoms. The minimum Gasteiger partial charge on any atom is -0.454 e. The van der Waals surface area contributed by atoms with E-state index in [1.165, 1.54) is 0 Å². The molecule has 0 spiro atoms. The lowest BCUT2D eigenvalue weighted by Crippen LogP contribution is -2.11. The topological polar surface area (TPSA) is 80.2 Å². The number of amides is 1. The van der Waals surface area contributed by atoms with Gasteiger partial charge in [-0.15, -0.1) is 0 Å². The number of fused-ring (bicyclic) bond motifs is 1. The van der Waals surface area contributed by atoms with Gasteiger partial charge in [-0.3, -0.25) is 4.79 Å². The van der Waals surface area contributed by atoms with Gasteiger partial charge in [-0.2, -0.15) is 0 Å². The normalized spacial score (nSPS) is 13.0. The molecule has 2 N–H and O–H groups in total. The first kappa shape index (κ1) is 13.9. The molecule has 0 bridgehead atoms. The standard InChI is InChI=1S/C16H14N2O4/c1-10(18-20)11-2-5-13(6-3-11)17-16(19)12-4-7-14-15(8-12)22-9-21-14/h2-8,20H,9H2,1H3,(H,17,19)/b18-10+. The molecule has 112 valence electrons. The van der Waals surface area contributed by atoms with E-state index >= 15 is 0 Å². The van der Waals surface area contributed by atoms with Gasteiger partial charge in [0.2, 0.25) is 6.79 Å². The highest BCUT2D eigenvalue weighted by Gasteiger charge is 2.16. The van der Waals surface area contributed by atoms with Gasteiger partial charge >= 0.3 is 0 Å². The van der Waals surface area contributed by atoms with Crippen molar-refractivity contribution < 1.29 is 19.5 Å². The van der Waals surface area contributed by atoms with Crippen molar-refractivity contribution in [2.75, 3.05) is 12.1 Å². The van der Waals surface area contributed by atoms with Gasteiger partial charge in [0.15, 0.2) is 11.5 Å². The third-order valence-corrected chi connectivity index (χ3v) is 3.35. The average molecular weight is 298 g/mol. The summed E-state index contributed by atoms with van der Waals surface area (Å²) in [5.41, 5.74) is 2.43. The zero-order chi connectivity index (χ0) is 15.5. The van der Waals surface area contributed by atoms with Crippen LogP contribution in [0.15, 0.2) is 47.6 Å². The predicted molar refractivity (Wildman–Crippen MR) is 81.0 cm³/mol. The smallest absolute Gasteiger partial charge is 0.255 e. The van der Waals surface area contributed by atoms with E-state index in [9.17, 15) is 4.79 Å². The Morgan fingerprint density at radius 1 is 1.09 bits per heavy atom. The van der Waals surface area contributed by atoms with E-state index in [0.717, 1.165) is 5.56 Å². The lowest BCUT2D eigenvalue weighted by Gasteiger charge is -2.07. The van der Waals surface area contributed by atoms with E-state index in [1.54, 1.807) is 49.4 Å². The molecule has 0 fully saturated rings. The highest BCUT2D eigenvalue weighted by atomic mass is 16.7. The molecule has 1 aliphatic heterocycles. The van der Waals surface area contributed by atoms with Crippen LogP contribution < -0.4 is 14.8 Å². The maximum atomic E-state index is 12.2. The molecule has 0 aromatic heterocycles. The molecule has 0 saturated carbocycles. The molecular weight excluding hydrogens is 284 g/mol. The number of benzene rings is 2. The Morgan fingerprint density at radius 2 is 1.77 bits per heavy atom. The van der Waals surface area contributed by atoms with E-state index in [1.807, 2.05) is 0 Å². The van der Waals surface area contributed by atoms with Gasteiger partial charge in [0.25, 0.3) is 5.91 Å². The van der Waals surface area contributed by atoms with Crippen molar-refractivity contribution in [1.29, 1.82) is 0 Å². The number of rotatable bonds is 3. The molecule has 1 heterocycles. The second-order valence-corrected chi connectivity index (χ2v) is 4.78. The van der Waals surface area contributed by atoms with Crippen molar-refractivity contribution in [3.8, 4) is 11.5 Å². The summed E-state index contributed by atoms with van der Waals surface area (Å²) in [6.45, 7) is 1.87. The lowest BCUT2D eigenvalue weighted by atomic mass is 10.1. The third kappa shape index (κ3) is 2.71. The number of ether oxygens (including phenoxy) is 2. The summed E-state index contributed by atoms with van der Waals surface area (Å²) in [6.07, 6.45) is 0. The highest BCUT2D eigenvalue weighted by molar-refractivity contribution is 6.05. The Labute approximate surface area is 127 Å². The van der Waals surface area contributed by atoms with Crippen LogP contribution in [0.2, 0.25) is 0 Å².